The first-order valence-corrected chi connectivity index (χ1v) is 16.9. The highest BCUT2D eigenvalue weighted by Gasteiger charge is 2.23. The molecule has 1 saturated heterocycles. The number of ether oxygens (including phenoxy) is 3. The number of rotatable bonds is 13. The Hall–Kier alpha value is -5.20. The van der Waals surface area contributed by atoms with Crippen molar-refractivity contribution < 1.29 is 24.1 Å². The third-order valence-corrected chi connectivity index (χ3v) is 9.31. The predicted molar refractivity (Wildman–Crippen MR) is 193 cm³/mol. The SMILES string of the molecule is Cc1c(COc2cc(OCc3cncc(C#N)c3)c(CN3CC[C@@H](O)C3)cc2Cl)cccc1-c1cccc(-c2ccc(OCC=O)cc2)c1C. The molecule has 0 bridgehead atoms. The summed E-state index contributed by atoms with van der Waals surface area (Å²) in [4.78, 5) is 17.0. The molecule has 9 heteroatoms. The molecule has 0 amide bonds. The molecular formula is C41H38ClN3O5. The van der Waals surface area contributed by atoms with E-state index in [1.807, 2.05) is 42.5 Å². The van der Waals surface area contributed by atoms with Crippen molar-refractivity contribution in [3.05, 3.63) is 130 Å². The van der Waals surface area contributed by atoms with Crippen LogP contribution in [0.5, 0.6) is 17.2 Å². The van der Waals surface area contributed by atoms with Crippen molar-refractivity contribution in [3.8, 4) is 45.6 Å². The Morgan fingerprint density at radius 2 is 1.64 bits per heavy atom. The van der Waals surface area contributed by atoms with Crippen LogP contribution in [0.1, 0.15) is 39.8 Å². The van der Waals surface area contributed by atoms with Gasteiger partial charge in [0.2, 0.25) is 0 Å². The predicted octanol–water partition coefficient (Wildman–Crippen LogP) is 7.86. The molecule has 0 unspecified atom stereocenters. The maximum Gasteiger partial charge on any atom is 0.157 e. The van der Waals surface area contributed by atoms with Crippen molar-refractivity contribution in [2.75, 3.05) is 19.7 Å². The zero-order valence-corrected chi connectivity index (χ0v) is 28.8. The topological polar surface area (TPSA) is 105 Å². The van der Waals surface area contributed by atoms with E-state index in [1.54, 1.807) is 12.3 Å². The first-order valence-electron chi connectivity index (χ1n) is 16.5. The summed E-state index contributed by atoms with van der Waals surface area (Å²) in [6, 6.07) is 27.9. The maximum absolute atomic E-state index is 10.7. The number of nitriles is 1. The molecule has 0 spiro atoms. The summed E-state index contributed by atoms with van der Waals surface area (Å²) >= 11 is 6.82. The second-order valence-corrected chi connectivity index (χ2v) is 12.8. The van der Waals surface area contributed by atoms with Crippen LogP contribution in [0.2, 0.25) is 5.02 Å². The summed E-state index contributed by atoms with van der Waals surface area (Å²) in [6.45, 7) is 6.72. The molecule has 50 heavy (non-hydrogen) atoms. The third kappa shape index (κ3) is 8.15. The molecule has 1 N–H and O–H groups in total. The summed E-state index contributed by atoms with van der Waals surface area (Å²) < 4.78 is 18.1. The quantitative estimate of drug-likeness (QED) is 0.125. The van der Waals surface area contributed by atoms with E-state index >= 15 is 0 Å². The molecule has 1 atom stereocenters. The van der Waals surface area contributed by atoms with Crippen LogP contribution in [0.3, 0.4) is 0 Å². The zero-order chi connectivity index (χ0) is 35.0. The number of halogens is 1. The molecule has 5 aromatic rings. The van der Waals surface area contributed by atoms with Gasteiger partial charge in [-0.25, -0.2) is 0 Å². The number of likely N-dealkylation sites (tertiary alicyclic amines) is 1. The molecule has 1 aromatic heterocycles. The Morgan fingerprint density at radius 3 is 2.38 bits per heavy atom. The lowest BCUT2D eigenvalue weighted by atomic mass is 9.89. The van der Waals surface area contributed by atoms with Crippen LogP contribution in [0.25, 0.3) is 22.3 Å². The number of aldehydes is 1. The van der Waals surface area contributed by atoms with Crippen molar-refractivity contribution in [2.24, 2.45) is 0 Å². The zero-order valence-electron chi connectivity index (χ0n) is 28.1. The fourth-order valence-corrected chi connectivity index (χ4v) is 6.56. The summed E-state index contributed by atoms with van der Waals surface area (Å²) in [7, 11) is 0. The molecule has 0 saturated carbocycles. The standard InChI is InChI=1S/C41H38ClN3O5/c1-27-32(5-3-7-37(27)38-8-4-6-36(28(38)2)31-9-11-35(12-10-31)48-16-15-46)26-50-41-19-40(49-25-30-17-29(20-43)21-44-22-30)33(18-39(41)42)23-45-14-13-34(47)24-45/h3-12,15,17-19,21-22,34,47H,13-14,16,23-26H2,1-2H3/t34-/m1/s1. The number of carbonyl (C=O) groups excluding carboxylic acids is 1. The second-order valence-electron chi connectivity index (χ2n) is 12.4. The monoisotopic (exact) mass is 687 g/mol. The number of carbonyl (C=O) groups is 1. The largest absolute Gasteiger partial charge is 0.488 e. The number of nitrogens with zero attached hydrogens (tertiary/aromatic N) is 3. The molecule has 8 nitrogen and oxygen atoms in total. The number of hydrogen-bond acceptors (Lipinski definition) is 8. The van der Waals surface area contributed by atoms with Gasteiger partial charge in [-0.2, -0.15) is 5.26 Å². The van der Waals surface area contributed by atoms with Gasteiger partial charge >= 0.3 is 0 Å². The van der Waals surface area contributed by atoms with Crippen molar-refractivity contribution in [3.63, 3.8) is 0 Å². The van der Waals surface area contributed by atoms with E-state index in [0.29, 0.717) is 47.5 Å². The Labute approximate surface area is 297 Å². The summed E-state index contributed by atoms with van der Waals surface area (Å²) in [5, 5.41) is 19.9. The lowest BCUT2D eigenvalue weighted by molar-refractivity contribution is -0.109. The molecule has 1 fully saturated rings. The van der Waals surface area contributed by atoms with E-state index in [-0.39, 0.29) is 19.3 Å². The molecule has 1 aliphatic rings. The van der Waals surface area contributed by atoms with Gasteiger partial charge in [0.25, 0.3) is 0 Å². The van der Waals surface area contributed by atoms with Gasteiger partial charge < -0.3 is 19.3 Å². The number of benzene rings is 4. The normalized spacial score (nSPS) is 14.3. The van der Waals surface area contributed by atoms with Crippen LogP contribution in [0, 0.1) is 25.2 Å². The number of aliphatic hydroxyl groups is 1. The number of aliphatic hydroxyl groups excluding tert-OH is 1. The molecule has 0 radical (unpaired) electrons. The lowest BCUT2D eigenvalue weighted by Crippen LogP contribution is -2.22. The van der Waals surface area contributed by atoms with Gasteiger partial charge in [0, 0.05) is 49.2 Å². The van der Waals surface area contributed by atoms with Gasteiger partial charge in [0.05, 0.1) is 16.7 Å². The van der Waals surface area contributed by atoms with Crippen molar-refractivity contribution >= 4 is 17.9 Å². The van der Waals surface area contributed by atoms with Crippen molar-refractivity contribution in [1.29, 1.82) is 5.26 Å². The fourth-order valence-electron chi connectivity index (χ4n) is 6.32. The van der Waals surface area contributed by atoms with E-state index < -0.39 is 0 Å². The highest BCUT2D eigenvalue weighted by atomic mass is 35.5. The van der Waals surface area contributed by atoms with Gasteiger partial charge in [0.15, 0.2) is 6.29 Å². The van der Waals surface area contributed by atoms with Crippen LogP contribution < -0.4 is 14.2 Å². The summed E-state index contributed by atoms with van der Waals surface area (Å²) in [5.41, 5.74) is 9.82. The van der Waals surface area contributed by atoms with E-state index in [4.69, 9.17) is 25.8 Å². The molecule has 254 valence electrons. The Kier molecular flexibility index (Phi) is 11.1. The average molecular weight is 688 g/mol. The van der Waals surface area contributed by atoms with Gasteiger partial charge in [0.1, 0.15) is 43.1 Å². The minimum absolute atomic E-state index is 0.0290. The maximum atomic E-state index is 10.7. The first kappa shape index (κ1) is 34.7. The number of β-amino-alcohol motifs (C(OH)–C–C–N with tert-alkyl or cyclic N) is 1. The van der Waals surface area contributed by atoms with Gasteiger partial charge in [-0.1, -0.05) is 60.1 Å². The number of aromatic nitrogens is 1. The molecular weight excluding hydrogens is 650 g/mol. The molecule has 2 heterocycles. The highest BCUT2D eigenvalue weighted by Crippen LogP contribution is 2.37. The van der Waals surface area contributed by atoms with Crippen LogP contribution in [0.15, 0.2) is 91.3 Å². The Bertz CT molecular complexity index is 2020. The minimum atomic E-state index is -0.343. The van der Waals surface area contributed by atoms with Crippen molar-refractivity contribution in [1.82, 2.24) is 9.88 Å². The van der Waals surface area contributed by atoms with Crippen LogP contribution >= 0.6 is 11.6 Å². The number of pyridine rings is 1. The van der Waals surface area contributed by atoms with E-state index in [0.717, 1.165) is 69.3 Å². The Balaban J connectivity index is 1.23. The van der Waals surface area contributed by atoms with Crippen molar-refractivity contribution in [2.45, 2.75) is 46.1 Å². The molecule has 6 rings (SSSR count). The average Bonchev–Trinajstić information content (AvgIpc) is 3.55. The number of hydrogen-bond donors (Lipinski definition) is 1. The summed E-state index contributed by atoms with van der Waals surface area (Å²) in [5.74, 6) is 1.77. The van der Waals surface area contributed by atoms with Gasteiger partial charge in [-0.05, 0) is 83.5 Å². The lowest BCUT2D eigenvalue weighted by Gasteiger charge is -2.20. The molecule has 4 aromatic carbocycles. The summed E-state index contributed by atoms with van der Waals surface area (Å²) in [6.07, 6.45) is 4.32. The van der Waals surface area contributed by atoms with Gasteiger partial charge in [-0.15, -0.1) is 0 Å². The third-order valence-electron chi connectivity index (χ3n) is 9.01. The van der Waals surface area contributed by atoms with E-state index in [9.17, 15) is 15.2 Å². The Morgan fingerprint density at radius 1 is 0.900 bits per heavy atom. The van der Waals surface area contributed by atoms with Crippen LogP contribution in [0.4, 0.5) is 0 Å². The van der Waals surface area contributed by atoms with Crippen LogP contribution in [-0.4, -0.2) is 47.1 Å². The second kappa shape index (κ2) is 16.0. The molecule has 0 aliphatic carbocycles. The van der Waals surface area contributed by atoms with Gasteiger partial charge in [-0.3, -0.25) is 14.7 Å². The van der Waals surface area contributed by atoms with E-state index in [2.05, 4.69) is 60.1 Å². The highest BCUT2D eigenvalue weighted by molar-refractivity contribution is 6.32. The van der Waals surface area contributed by atoms with E-state index in [1.165, 1.54) is 6.20 Å². The van der Waals surface area contributed by atoms with Crippen LogP contribution in [-0.2, 0) is 24.6 Å². The molecule has 1 aliphatic heterocycles. The smallest absolute Gasteiger partial charge is 0.157 e. The minimum Gasteiger partial charge on any atom is -0.488 e. The fraction of sp³-hybridized carbons (Fsp3) is 0.244. The first-order chi connectivity index (χ1) is 24.3.